The fourth-order valence-corrected chi connectivity index (χ4v) is 1.59. The molecular weight excluding hydrogens is 186 g/mol. The number of nitrogens with one attached hydrogen (secondary N) is 1. The lowest BCUT2D eigenvalue weighted by Crippen LogP contribution is -2.62. The average Bonchev–Trinajstić information content (AvgIpc) is 2.00. The van der Waals surface area contributed by atoms with Crippen molar-refractivity contribution in [1.29, 1.82) is 0 Å². The molecular formula is C9H15NO4. The Balaban J connectivity index is 2.26. The number of carbonyl (C=O) groups excluding carboxylic acids is 2. The molecule has 0 aromatic rings. The molecule has 1 saturated heterocycles. The van der Waals surface area contributed by atoms with Crippen LogP contribution in [0.25, 0.3) is 0 Å². The number of amides is 1. The third kappa shape index (κ3) is 2.45. The molecule has 1 heterocycles. The molecule has 1 amide bonds. The van der Waals surface area contributed by atoms with Gasteiger partial charge in [0.1, 0.15) is 0 Å². The third-order valence-electron chi connectivity index (χ3n) is 2.32. The first kappa shape index (κ1) is 11.0. The third-order valence-corrected chi connectivity index (χ3v) is 2.32. The number of aliphatic hydroxyl groups excluding tert-OH is 1. The van der Waals surface area contributed by atoms with Crippen LogP contribution in [-0.2, 0) is 14.3 Å². The van der Waals surface area contributed by atoms with Gasteiger partial charge in [-0.15, -0.1) is 0 Å². The zero-order valence-corrected chi connectivity index (χ0v) is 8.32. The highest BCUT2D eigenvalue weighted by Crippen LogP contribution is 2.21. The fraction of sp³-hybridized carbons (Fsp3) is 0.778. The molecule has 5 nitrogen and oxygen atoms in total. The number of ether oxygens (including phenoxy) is 1. The Labute approximate surface area is 82.4 Å². The highest BCUT2D eigenvalue weighted by atomic mass is 16.5. The van der Waals surface area contributed by atoms with E-state index in [0.29, 0.717) is 6.42 Å². The van der Waals surface area contributed by atoms with Gasteiger partial charge in [-0.3, -0.25) is 9.59 Å². The summed E-state index contributed by atoms with van der Waals surface area (Å²) in [6, 6.07) is -0.0677. The molecule has 1 fully saturated rings. The topological polar surface area (TPSA) is 75.6 Å². The van der Waals surface area contributed by atoms with E-state index < -0.39 is 6.10 Å². The Bertz CT molecular complexity index is 239. The summed E-state index contributed by atoms with van der Waals surface area (Å²) < 4.78 is 4.74. The lowest BCUT2D eigenvalue weighted by atomic mass is 9.84. The number of aliphatic hydroxyl groups is 1. The predicted molar refractivity (Wildman–Crippen MR) is 48.4 cm³/mol. The number of carbonyl (C=O) groups is 2. The minimum absolute atomic E-state index is 0.0677. The van der Waals surface area contributed by atoms with E-state index in [0.717, 1.165) is 0 Å². The molecule has 0 spiro atoms. The summed E-state index contributed by atoms with van der Waals surface area (Å²) >= 11 is 0. The van der Waals surface area contributed by atoms with E-state index in [1.165, 1.54) is 6.92 Å². The van der Waals surface area contributed by atoms with Crippen LogP contribution >= 0.6 is 0 Å². The number of hydrogen-bond donors (Lipinski definition) is 2. The molecule has 3 atom stereocenters. The van der Waals surface area contributed by atoms with E-state index in [1.54, 1.807) is 6.92 Å². The summed E-state index contributed by atoms with van der Waals surface area (Å²) in [4.78, 5) is 21.5. The zero-order valence-electron chi connectivity index (χ0n) is 8.32. The van der Waals surface area contributed by atoms with Gasteiger partial charge < -0.3 is 15.2 Å². The maximum Gasteiger partial charge on any atom is 0.302 e. The van der Waals surface area contributed by atoms with E-state index in [9.17, 15) is 14.7 Å². The van der Waals surface area contributed by atoms with Crippen LogP contribution in [0.5, 0.6) is 0 Å². The van der Waals surface area contributed by atoms with Crippen molar-refractivity contribution in [3.8, 4) is 0 Å². The molecule has 1 aliphatic rings. The first-order chi connectivity index (χ1) is 6.52. The van der Waals surface area contributed by atoms with Crippen molar-refractivity contribution in [3.05, 3.63) is 0 Å². The molecule has 1 aliphatic heterocycles. The smallest absolute Gasteiger partial charge is 0.302 e. The molecule has 0 saturated carbocycles. The average molecular weight is 201 g/mol. The second kappa shape index (κ2) is 4.41. The second-order valence-electron chi connectivity index (χ2n) is 3.51. The van der Waals surface area contributed by atoms with Gasteiger partial charge in [-0.05, 0) is 6.92 Å². The lowest BCUT2D eigenvalue weighted by molar-refractivity contribution is -0.144. The molecule has 1 rings (SSSR count). The van der Waals surface area contributed by atoms with Gasteiger partial charge in [0.05, 0.1) is 18.6 Å². The zero-order chi connectivity index (χ0) is 10.7. The van der Waals surface area contributed by atoms with Gasteiger partial charge >= 0.3 is 5.97 Å². The number of β-lactam (4-membered cyclic amide) rings is 1. The van der Waals surface area contributed by atoms with Crippen LogP contribution in [0.3, 0.4) is 0 Å². The van der Waals surface area contributed by atoms with E-state index in [4.69, 9.17) is 4.74 Å². The summed E-state index contributed by atoms with van der Waals surface area (Å²) in [7, 11) is 0. The van der Waals surface area contributed by atoms with Crippen molar-refractivity contribution in [2.24, 2.45) is 5.92 Å². The minimum atomic E-state index is -0.647. The normalized spacial score (nSPS) is 27.5. The van der Waals surface area contributed by atoms with Crippen LogP contribution in [0, 0.1) is 5.92 Å². The van der Waals surface area contributed by atoms with E-state index >= 15 is 0 Å². The van der Waals surface area contributed by atoms with E-state index in [1.807, 2.05) is 0 Å². The monoisotopic (exact) mass is 201 g/mol. The summed E-state index contributed by atoms with van der Waals surface area (Å²) in [5.41, 5.74) is 0. The molecule has 3 unspecified atom stereocenters. The molecule has 14 heavy (non-hydrogen) atoms. The Hall–Kier alpha value is -1.10. The van der Waals surface area contributed by atoms with E-state index in [-0.39, 0.29) is 30.4 Å². The quantitative estimate of drug-likeness (QED) is 0.472. The van der Waals surface area contributed by atoms with Crippen molar-refractivity contribution in [1.82, 2.24) is 5.32 Å². The van der Waals surface area contributed by atoms with Crippen molar-refractivity contribution < 1.29 is 19.4 Å². The molecule has 0 aliphatic carbocycles. The van der Waals surface area contributed by atoms with Crippen LogP contribution in [0.4, 0.5) is 0 Å². The van der Waals surface area contributed by atoms with Gasteiger partial charge in [0.25, 0.3) is 0 Å². The highest BCUT2D eigenvalue weighted by molar-refractivity contribution is 5.86. The summed E-state index contributed by atoms with van der Waals surface area (Å²) in [5, 5.41) is 11.9. The fourth-order valence-electron chi connectivity index (χ4n) is 1.59. The second-order valence-corrected chi connectivity index (χ2v) is 3.51. The van der Waals surface area contributed by atoms with Gasteiger partial charge in [-0.2, -0.15) is 0 Å². The van der Waals surface area contributed by atoms with Crippen LogP contribution < -0.4 is 5.32 Å². The van der Waals surface area contributed by atoms with Crippen molar-refractivity contribution in [3.63, 3.8) is 0 Å². The van der Waals surface area contributed by atoms with Crippen molar-refractivity contribution in [2.75, 3.05) is 6.61 Å². The van der Waals surface area contributed by atoms with Crippen molar-refractivity contribution >= 4 is 11.9 Å². The lowest BCUT2D eigenvalue weighted by Gasteiger charge is -2.38. The molecule has 2 N–H and O–H groups in total. The Morgan fingerprint density at radius 2 is 2.36 bits per heavy atom. The molecule has 0 aromatic carbocycles. The first-order valence-electron chi connectivity index (χ1n) is 4.64. The Morgan fingerprint density at radius 3 is 2.79 bits per heavy atom. The molecule has 0 bridgehead atoms. The molecule has 80 valence electrons. The minimum Gasteiger partial charge on any atom is -0.466 e. The van der Waals surface area contributed by atoms with Crippen LogP contribution in [0.15, 0.2) is 0 Å². The summed E-state index contributed by atoms with van der Waals surface area (Å²) in [6.45, 7) is 3.21. The van der Waals surface area contributed by atoms with Crippen molar-refractivity contribution in [2.45, 2.75) is 32.4 Å². The van der Waals surface area contributed by atoms with Gasteiger partial charge in [0.2, 0.25) is 5.91 Å². The van der Waals surface area contributed by atoms with E-state index in [2.05, 4.69) is 5.32 Å². The number of hydrogen-bond acceptors (Lipinski definition) is 4. The standard InChI is InChI=1S/C9H15NO4/c1-5(11)8-7(10-9(8)13)3-4-14-6(2)12/h5,7-8,11H,3-4H2,1-2H3,(H,10,13). The summed E-state index contributed by atoms with van der Waals surface area (Å²) in [6.07, 6.45) is -0.0907. The molecule has 0 radical (unpaired) electrons. The molecule has 5 heteroatoms. The first-order valence-corrected chi connectivity index (χ1v) is 4.64. The van der Waals surface area contributed by atoms with Crippen LogP contribution in [-0.4, -0.2) is 35.7 Å². The SMILES string of the molecule is CC(=O)OCCC1NC(=O)C1C(C)O. The largest absolute Gasteiger partial charge is 0.466 e. The summed E-state index contributed by atoms with van der Waals surface area (Å²) in [5.74, 6) is -0.817. The van der Waals surface area contributed by atoms with Crippen LogP contribution in [0.1, 0.15) is 20.3 Å². The van der Waals surface area contributed by atoms with Gasteiger partial charge in [-0.1, -0.05) is 0 Å². The highest BCUT2D eigenvalue weighted by Gasteiger charge is 2.41. The maximum atomic E-state index is 11.0. The van der Waals surface area contributed by atoms with Gasteiger partial charge in [0, 0.05) is 19.4 Å². The van der Waals surface area contributed by atoms with Crippen LogP contribution in [0.2, 0.25) is 0 Å². The Kier molecular flexibility index (Phi) is 3.46. The predicted octanol–water partition coefficient (Wildman–Crippen LogP) is -0.565. The van der Waals surface area contributed by atoms with Gasteiger partial charge in [0.15, 0.2) is 0 Å². The number of esters is 1. The maximum absolute atomic E-state index is 11.0. The Morgan fingerprint density at radius 1 is 1.71 bits per heavy atom. The number of rotatable bonds is 4. The van der Waals surface area contributed by atoms with Gasteiger partial charge in [-0.25, -0.2) is 0 Å². The molecule has 0 aromatic heterocycles.